The number of benzene rings is 1. The maximum atomic E-state index is 13.0. The molecule has 0 saturated heterocycles. The Morgan fingerprint density at radius 1 is 1.17 bits per heavy atom. The molecule has 7 nitrogen and oxygen atoms in total. The van der Waals surface area contributed by atoms with E-state index >= 15 is 0 Å². The van der Waals surface area contributed by atoms with E-state index < -0.39 is 6.09 Å². The summed E-state index contributed by atoms with van der Waals surface area (Å²) in [6, 6.07) is 9.72. The summed E-state index contributed by atoms with van der Waals surface area (Å²) in [4.78, 5) is 27.0. The number of carbonyl (C=O) groups excluding carboxylic acids is 2. The number of alkyl carbamates (subject to hydrolysis) is 1. The fraction of sp³-hybridized carbons (Fsp3) is 0.522. The minimum Gasteiger partial charge on any atom is -0.445 e. The van der Waals surface area contributed by atoms with Gasteiger partial charge in [0.15, 0.2) is 0 Å². The van der Waals surface area contributed by atoms with E-state index in [-0.39, 0.29) is 25.1 Å². The van der Waals surface area contributed by atoms with Crippen molar-refractivity contribution in [2.24, 2.45) is 7.05 Å². The number of nitrogens with zero attached hydrogens (tertiary/aromatic N) is 3. The molecule has 0 unspecified atom stereocenters. The molecule has 2 aliphatic carbocycles. The molecule has 7 heteroatoms. The van der Waals surface area contributed by atoms with Crippen molar-refractivity contribution in [3.8, 4) is 0 Å². The first-order valence-electron chi connectivity index (χ1n) is 10.9. The third kappa shape index (κ3) is 4.66. The number of rotatable bonds is 7. The fourth-order valence-corrected chi connectivity index (χ4v) is 4.65. The van der Waals surface area contributed by atoms with Gasteiger partial charge in [0.1, 0.15) is 13.2 Å². The normalized spacial score (nSPS) is 15.8. The highest BCUT2D eigenvalue weighted by Gasteiger charge is 2.30. The highest BCUT2D eigenvalue weighted by atomic mass is 16.5. The molecule has 2 aliphatic rings. The van der Waals surface area contributed by atoms with Gasteiger partial charge in [-0.05, 0) is 43.2 Å². The van der Waals surface area contributed by atoms with E-state index in [1.165, 1.54) is 11.3 Å². The summed E-state index contributed by atoms with van der Waals surface area (Å²) >= 11 is 0. The molecule has 2 amide bonds. The lowest BCUT2D eigenvalue weighted by atomic mass is 10.1. The zero-order valence-electron chi connectivity index (χ0n) is 17.6. The van der Waals surface area contributed by atoms with Gasteiger partial charge in [-0.15, -0.1) is 0 Å². The highest BCUT2D eigenvalue weighted by molar-refractivity contribution is 5.82. The van der Waals surface area contributed by atoms with Crippen LogP contribution in [0.4, 0.5) is 4.79 Å². The Morgan fingerprint density at radius 3 is 2.70 bits per heavy atom. The molecule has 1 aromatic carbocycles. The number of hydrogen-bond acceptors (Lipinski definition) is 4. The van der Waals surface area contributed by atoms with Crippen LogP contribution >= 0.6 is 0 Å². The Kier molecular flexibility index (Phi) is 6.35. The predicted molar refractivity (Wildman–Crippen MR) is 113 cm³/mol. The van der Waals surface area contributed by atoms with Crippen LogP contribution in [0, 0.1) is 0 Å². The van der Waals surface area contributed by atoms with E-state index in [9.17, 15) is 9.59 Å². The molecule has 0 spiro atoms. The molecule has 0 aliphatic heterocycles. The second-order valence-electron chi connectivity index (χ2n) is 8.22. The smallest absolute Gasteiger partial charge is 0.407 e. The zero-order chi connectivity index (χ0) is 20.9. The van der Waals surface area contributed by atoms with Crippen molar-refractivity contribution in [2.45, 2.75) is 64.1 Å². The summed E-state index contributed by atoms with van der Waals surface area (Å²) in [6.45, 7) is 0.653. The van der Waals surface area contributed by atoms with Crippen molar-refractivity contribution in [1.29, 1.82) is 0 Å². The number of hydrogen-bond donors (Lipinski definition) is 1. The van der Waals surface area contributed by atoms with Crippen LogP contribution in [0.25, 0.3) is 0 Å². The molecule has 1 saturated carbocycles. The lowest BCUT2D eigenvalue weighted by Gasteiger charge is -2.29. The average Bonchev–Trinajstić information content (AvgIpc) is 3.50. The first-order chi connectivity index (χ1) is 14.6. The van der Waals surface area contributed by atoms with E-state index in [0.717, 1.165) is 56.2 Å². The summed E-state index contributed by atoms with van der Waals surface area (Å²) in [5, 5.41) is 7.32. The summed E-state index contributed by atoms with van der Waals surface area (Å²) in [7, 11) is 1.99. The van der Waals surface area contributed by atoms with Gasteiger partial charge in [-0.3, -0.25) is 9.48 Å². The minimum atomic E-state index is -0.572. The van der Waals surface area contributed by atoms with Gasteiger partial charge in [0.25, 0.3) is 0 Å². The molecule has 0 bridgehead atoms. The highest BCUT2D eigenvalue weighted by Crippen LogP contribution is 2.29. The van der Waals surface area contributed by atoms with Crippen molar-refractivity contribution in [2.75, 3.05) is 6.54 Å². The van der Waals surface area contributed by atoms with Gasteiger partial charge in [0.05, 0.1) is 12.2 Å². The lowest BCUT2D eigenvalue weighted by Crippen LogP contribution is -2.44. The first-order valence-corrected chi connectivity index (χ1v) is 10.9. The Labute approximate surface area is 177 Å². The summed E-state index contributed by atoms with van der Waals surface area (Å²) < 4.78 is 7.20. The number of carbonyl (C=O) groups is 2. The molecule has 1 N–H and O–H groups in total. The number of ether oxygens (including phenoxy) is 1. The van der Waals surface area contributed by atoms with E-state index in [0.29, 0.717) is 6.54 Å². The number of aromatic nitrogens is 2. The van der Waals surface area contributed by atoms with Gasteiger partial charge in [-0.2, -0.15) is 5.10 Å². The number of fused-ring (bicyclic) bond motifs is 1. The Balaban J connectivity index is 1.36. The van der Waals surface area contributed by atoms with E-state index in [1.54, 1.807) is 0 Å². The molecule has 0 atom stereocenters. The van der Waals surface area contributed by atoms with Gasteiger partial charge in [-0.25, -0.2) is 4.79 Å². The SMILES string of the molecule is Cn1nc(CN(C(=O)CNC(=O)OCc2ccccc2)C2CCCC2)c2c1CCC2. The van der Waals surface area contributed by atoms with Crippen LogP contribution in [0.2, 0.25) is 0 Å². The third-order valence-corrected chi connectivity index (χ3v) is 6.20. The predicted octanol–water partition coefficient (Wildman–Crippen LogP) is 3.11. The maximum absolute atomic E-state index is 13.0. The van der Waals surface area contributed by atoms with Gasteiger partial charge < -0.3 is 15.0 Å². The average molecular weight is 411 g/mol. The zero-order valence-corrected chi connectivity index (χ0v) is 17.6. The Hall–Kier alpha value is -2.83. The summed E-state index contributed by atoms with van der Waals surface area (Å²) in [5.41, 5.74) is 4.53. The van der Waals surface area contributed by atoms with Crippen molar-refractivity contribution in [1.82, 2.24) is 20.0 Å². The Bertz CT molecular complexity index is 887. The van der Waals surface area contributed by atoms with Gasteiger partial charge in [0, 0.05) is 18.8 Å². The quantitative estimate of drug-likeness (QED) is 0.761. The van der Waals surface area contributed by atoms with Gasteiger partial charge >= 0.3 is 6.09 Å². The van der Waals surface area contributed by atoms with Crippen molar-refractivity contribution in [3.63, 3.8) is 0 Å². The van der Waals surface area contributed by atoms with Crippen molar-refractivity contribution < 1.29 is 14.3 Å². The molecule has 1 heterocycles. The van der Waals surface area contributed by atoms with Gasteiger partial charge in [-0.1, -0.05) is 43.2 Å². The molecule has 1 aromatic heterocycles. The third-order valence-electron chi connectivity index (χ3n) is 6.20. The molecule has 1 fully saturated rings. The second kappa shape index (κ2) is 9.32. The number of amides is 2. The van der Waals surface area contributed by atoms with Crippen LogP contribution in [0.3, 0.4) is 0 Å². The lowest BCUT2D eigenvalue weighted by molar-refractivity contribution is -0.133. The monoisotopic (exact) mass is 410 g/mol. The summed E-state index contributed by atoms with van der Waals surface area (Å²) in [6.07, 6.45) is 6.99. The second-order valence-corrected chi connectivity index (χ2v) is 8.22. The van der Waals surface area contributed by atoms with Crippen LogP contribution in [-0.2, 0) is 42.6 Å². The molecule has 2 aromatic rings. The molecule has 0 radical (unpaired) electrons. The van der Waals surface area contributed by atoms with Crippen molar-refractivity contribution >= 4 is 12.0 Å². The van der Waals surface area contributed by atoms with E-state index in [1.807, 2.05) is 47.0 Å². The molecular weight excluding hydrogens is 380 g/mol. The number of aryl methyl sites for hydroxylation is 1. The van der Waals surface area contributed by atoms with Crippen LogP contribution in [0.1, 0.15) is 54.6 Å². The van der Waals surface area contributed by atoms with Gasteiger partial charge in [0.2, 0.25) is 5.91 Å². The number of nitrogens with one attached hydrogen (secondary N) is 1. The standard InChI is InChI=1S/C23H30N4O3/c1-26-21-13-7-12-19(21)20(25-26)15-27(18-10-5-6-11-18)22(28)14-24-23(29)30-16-17-8-3-2-4-9-17/h2-4,8-9,18H,5-7,10-16H2,1H3,(H,24,29). The van der Waals surface area contributed by atoms with Crippen LogP contribution in [0.15, 0.2) is 30.3 Å². The molecule has 30 heavy (non-hydrogen) atoms. The Morgan fingerprint density at radius 2 is 1.93 bits per heavy atom. The van der Waals surface area contributed by atoms with E-state index in [2.05, 4.69) is 5.32 Å². The maximum Gasteiger partial charge on any atom is 0.407 e. The van der Waals surface area contributed by atoms with Crippen LogP contribution in [0.5, 0.6) is 0 Å². The molecular formula is C23H30N4O3. The summed E-state index contributed by atoms with van der Waals surface area (Å²) in [5.74, 6) is -0.0732. The topological polar surface area (TPSA) is 76.5 Å². The fourth-order valence-electron chi connectivity index (χ4n) is 4.65. The largest absolute Gasteiger partial charge is 0.445 e. The van der Waals surface area contributed by atoms with Crippen LogP contribution < -0.4 is 5.32 Å². The van der Waals surface area contributed by atoms with Crippen molar-refractivity contribution in [3.05, 3.63) is 52.8 Å². The van der Waals surface area contributed by atoms with Crippen LogP contribution in [-0.4, -0.2) is 39.3 Å². The molecule has 160 valence electrons. The first kappa shape index (κ1) is 20.4. The van der Waals surface area contributed by atoms with E-state index in [4.69, 9.17) is 9.84 Å². The molecule has 4 rings (SSSR count). The minimum absolute atomic E-state index is 0.0564.